The molecular formula is C14H20N4O. The molecule has 3 saturated heterocycles. The summed E-state index contributed by atoms with van der Waals surface area (Å²) in [6.45, 7) is 3.41. The van der Waals surface area contributed by atoms with Crippen LogP contribution in [-0.4, -0.2) is 36.5 Å². The van der Waals surface area contributed by atoms with Gasteiger partial charge in [-0.3, -0.25) is 4.79 Å². The first-order chi connectivity index (χ1) is 9.15. The number of piperidine rings is 3. The van der Waals surface area contributed by atoms with E-state index in [-0.39, 0.29) is 0 Å². The van der Waals surface area contributed by atoms with Crippen molar-refractivity contribution >= 4 is 17.3 Å². The highest BCUT2D eigenvalue weighted by Crippen LogP contribution is 2.32. The summed E-state index contributed by atoms with van der Waals surface area (Å²) < 4.78 is 0. The van der Waals surface area contributed by atoms with Crippen molar-refractivity contribution in [1.82, 2.24) is 4.90 Å². The molecule has 0 aliphatic carbocycles. The number of hydrogen-bond acceptors (Lipinski definition) is 4. The lowest BCUT2D eigenvalue weighted by molar-refractivity contribution is 0.0969. The van der Waals surface area contributed by atoms with Crippen LogP contribution in [0.1, 0.15) is 23.2 Å². The highest BCUT2D eigenvalue weighted by molar-refractivity contribution is 6.01. The van der Waals surface area contributed by atoms with E-state index in [1.807, 2.05) is 0 Å². The summed E-state index contributed by atoms with van der Waals surface area (Å²) in [7, 11) is 0. The van der Waals surface area contributed by atoms with E-state index in [0.29, 0.717) is 28.9 Å². The van der Waals surface area contributed by atoms with E-state index in [2.05, 4.69) is 10.2 Å². The molecule has 0 saturated carbocycles. The maximum absolute atomic E-state index is 11.5. The van der Waals surface area contributed by atoms with Gasteiger partial charge in [0.25, 0.3) is 5.91 Å². The molecule has 102 valence electrons. The number of carbonyl (C=O) groups is 1. The molecule has 1 amide bonds. The maximum Gasteiger partial charge on any atom is 0.250 e. The lowest BCUT2D eigenvalue weighted by atomic mass is 9.84. The molecule has 3 heterocycles. The third-order valence-electron chi connectivity index (χ3n) is 4.35. The number of nitrogen functional groups attached to an aromatic ring is 1. The van der Waals surface area contributed by atoms with E-state index in [1.54, 1.807) is 18.2 Å². The molecule has 1 atom stereocenters. The number of nitrogens with two attached hydrogens (primary N) is 2. The first-order valence-electron chi connectivity index (χ1n) is 6.82. The fraction of sp³-hybridized carbons (Fsp3) is 0.500. The number of primary amides is 1. The number of para-hydroxylation sites is 1. The number of benzene rings is 1. The molecular weight excluding hydrogens is 240 g/mol. The lowest BCUT2D eigenvalue weighted by Crippen LogP contribution is -2.53. The number of nitrogens with one attached hydrogen (secondary N) is 1. The Balaban J connectivity index is 1.85. The van der Waals surface area contributed by atoms with Crippen LogP contribution in [0.3, 0.4) is 0 Å². The number of anilines is 2. The van der Waals surface area contributed by atoms with Crippen molar-refractivity contribution in [2.45, 2.75) is 18.9 Å². The number of rotatable bonds is 3. The van der Waals surface area contributed by atoms with Gasteiger partial charge in [-0.05, 0) is 44.0 Å². The van der Waals surface area contributed by atoms with Crippen molar-refractivity contribution in [2.75, 3.05) is 30.7 Å². The predicted octanol–water partition coefficient (Wildman–Crippen LogP) is 0.874. The molecule has 0 aromatic heterocycles. The van der Waals surface area contributed by atoms with Gasteiger partial charge in [-0.15, -0.1) is 0 Å². The lowest BCUT2D eigenvalue weighted by Gasteiger charge is -2.45. The predicted molar refractivity (Wildman–Crippen MR) is 75.9 cm³/mol. The van der Waals surface area contributed by atoms with Crippen LogP contribution in [0, 0.1) is 5.92 Å². The van der Waals surface area contributed by atoms with Crippen LogP contribution in [-0.2, 0) is 0 Å². The van der Waals surface area contributed by atoms with Gasteiger partial charge in [0.1, 0.15) is 0 Å². The number of hydrogen-bond donors (Lipinski definition) is 3. The maximum atomic E-state index is 11.5. The molecule has 5 heteroatoms. The van der Waals surface area contributed by atoms with Gasteiger partial charge < -0.3 is 21.7 Å². The first kappa shape index (κ1) is 12.3. The van der Waals surface area contributed by atoms with Gasteiger partial charge in [0.05, 0.1) is 16.9 Å². The van der Waals surface area contributed by atoms with Gasteiger partial charge in [-0.1, -0.05) is 6.07 Å². The van der Waals surface area contributed by atoms with Crippen molar-refractivity contribution in [3.05, 3.63) is 23.8 Å². The van der Waals surface area contributed by atoms with Crippen LogP contribution in [0.2, 0.25) is 0 Å². The molecule has 5 N–H and O–H groups in total. The number of nitrogens with zero attached hydrogens (tertiary/aromatic N) is 1. The van der Waals surface area contributed by atoms with Gasteiger partial charge in [0.15, 0.2) is 0 Å². The molecule has 19 heavy (non-hydrogen) atoms. The first-order valence-corrected chi connectivity index (χ1v) is 6.82. The third-order valence-corrected chi connectivity index (χ3v) is 4.35. The second kappa shape index (κ2) is 4.74. The van der Waals surface area contributed by atoms with E-state index in [0.717, 1.165) is 6.54 Å². The average Bonchev–Trinajstić information content (AvgIpc) is 2.42. The molecule has 1 aromatic carbocycles. The van der Waals surface area contributed by atoms with Gasteiger partial charge in [0, 0.05) is 12.6 Å². The highest BCUT2D eigenvalue weighted by atomic mass is 16.1. The molecule has 1 unspecified atom stereocenters. The quantitative estimate of drug-likeness (QED) is 0.704. The fourth-order valence-corrected chi connectivity index (χ4v) is 3.25. The van der Waals surface area contributed by atoms with Crippen molar-refractivity contribution in [1.29, 1.82) is 0 Å². The summed E-state index contributed by atoms with van der Waals surface area (Å²) in [4.78, 5) is 14.0. The molecule has 3 fully saturated rings. The van der Waals surface area contributed by atoms with E-state index in [1.165, 1.54) is 25.9 Å². The minimum Gasteiger partial charge on any atom is -0.397 e. The summed E-state index contributed by atoms with van der Waals surface area (Å²) >= 11 is 0. The summed E-state index contributed by atoms with van der Waals surface area (Å²) in [6, 6.07) is 5.65. The Labute approximate surface area is 112 Å². The molecule has 4 rings (SSSR count). The van der Waals surface area contributed by atoms with Crippen LogP contribution < -0.4 is 16.8 Å². The largest absolute Gasteiger partial charge is 0.397 e. The van der Waals surface area contributed by atoms with Crippen LogP contribution in [0.4, 0.5) is 11.4 Å². The summed E-state index contributed by atoms with van der Waals surface area (Å²) in [6.07, 6.45) is 2.44. The van der Waals surface area contributed by atoms with Crippen molar-refractivity contribution < 1.29 is 4.79 Å². The monoisotopic (exact) mass is 260 g/mol. The van der Waals surface area contributed by atoms with Gasteiger partial charge in [-0.25, -0.2) is 0 Å². The van der Waals surface area contributed by atoms with E-state index in [4.69, 9.17) is 11.5 Å². The third kappa shape index (κ3) is 2.26. The molecule has 0 radical (unpaired) electrons. The van der Waals surface area contributed by atoms with Crippen LogP contribution >= 0.6 is 0 Å². The SMILES string of the molecule is NC(=O)c1cccc(N)c1NC1CN2CCC1CC2. The van der Waals surface area contributed by atoms with Gasteiger partial charge in [-0.2, -0.15) is 0 Å². The number of amides is 1. The average molecular weight is 260 g/mol. The van der Waals surface area contributed by atoms with Gasteiger partial charge >= 0.3 is 0 Å². The Morgan fingerprint density at radius 3 is 2.63 bits per heavy atom. The standard InChI is InChI=1S/C14H20N4O/c15-11-3-1-2-10(14(16)19)13(11)17-12-8-18-6-4-9(12)5-7-18/h1-3,9,12,17H,4-8,15H2,(H2,16,19). The number of fused-ring (bicyclic) bond motifs is 3. The molecule has 1 aromatic rings. The van der Waals surface area contributed by atoms with Crippen molar-refractivity contribution in [3.8, 4) is 0 Å². The Bertz CT molecular complexity index is 494. The van der Waals surface area contributed by atoms with Crippen LogP contribution in [0.5, 0.6) is 0 Å². The minimum absolute atomic E-state index is 0.366. The van der Waals surface area contributed by atoms with Crippen LogP contribution in [0.25, 0.3) is 0 Å². The Hall–Kier alpha value is -1.75. The molecule has 5 nitrogen and oxygen atoms in total. The Kier molecular flexibility index (Phi) is 3.06. The number of carbonyl (C=O) groups excluding carboxylic acids is 1. The van der Waals surface area contributed by atoms with Crippen molar-refractivity contribution in [3.63, 3.8) is 0 Å². The summed E-state index contributed by atoms with van der Waals surface area (Å²) in [5.41, 5.74) is 13.2. The molecule has 0 spiro atoms. The van der Waals surface area contributed by atoms with E-state index >= 15 is 0 Å². The zero-order valence-electron chi connectivity index (χ0n) is 10.9. The highest BCUT2D eigenvalue weighted by Gasteiger charge is 2.34. The normalized spacial score (nSPS) is 29.2. The minimum atomic E-state index is -0.434. The fourth-order valence-electron chi connectivity index (χ4n) is 3.25. The Morgan fingerprint density at radius 1 is 1.32 bits per heavy atom. The van der Waals surface area contributed by atoms with E-state index in [9.17, 15) is 4.79 Å². The zero-order valence-corrected chi connectivity index (χ0v) is 10.9. The van der Waals surface area contributed by atoms with Crippen molar-refractivity contribution in [2.24, 2.45) is 11.7 Å². The summed E-state index contributed by atoms with van der Waals surface area (Å²) in [5, 5.41) is 3.46. The second-order valence-corrected chi connectivity index (χ2v) is 5.52. The van der Waals surface area contributed by atoms with Crippen LogP contribution in [0.15, 0.2) is 18.2 Å². The molecule has 3 aliphatic rings. The van der Waals surface area contributed by atoms with E-state index < -0.39 is 5.91 Å². The molecule has 3 aliphatic heterocycles. The summed E-state index contributed by atoms with van der Waals surface area (Å²) in [5.74, 6) is 0.237. The molecule has 2 bridgehead atoms. The topological polar surface area (TPSA) is 84.4 Å². The smallest absolute Gasteiger partial charge is 0.250 e. The van der Waals surface area contributed by atoms with Gasteiger partial charge in [0.2, 0.25) is 0 Å². The Morgan fingerprint density at radius 2 is 2.05 bits per heavy atom. The second-order valence-electron chi connectivity index (χ2n) is 5.52. The zero-order chi connectivity index (χ0) is 13.4.